The summed E-state index contributed by atoms with van der Waals surface area (Å²) in [4.78, 5) is 0. The zero-order valence-corrected chi connectivity index (χ0v) is 7.95. The monoisotopic (exact) mass is 196 g/mol. The van der Waals surface area contributed by atoms with Gasteiger partial charge in [-0.2, -0.15) is 0 Å². The van der Waals surface area contributed by atoms with Crippen molar-refractivity contribution in [3.8, 4) is 11.5 Å². The Bertz CT molecular complexity index is 335. The van der Waals surface area contributed by atoms with Gasteiger partial charge in [0.05, 0.1) is 13.2 Å². The van der Waals surface area contributed by atoms with Crippen molar-refractivity contribution in [3.63, 3.8) is 0 Å². The predicted molar refractivity (Wildman–Crippen MR) is 49.2 cm³/mol. The molecule has 2 rings (SSSR count). The van der Waals surface area contributed by atoms with Crippen molar-refractivity contribution in [2.75, 3.05) is 13.9 Å². The highest BCUT2D eigenvalue weighted by Gasteiger charge is 2.20. The van der Waals surface area contributed by atoms with E-state index in [2.05, 4.69) is 0 Å². The van der Waals surface area contributed by atoms with Crippen molar-refractivity contribution in [2.24, 2.45) is 0 Å². The molecule has 14 heavy (non-hydrogen) atoms. The summed E-state index contributed by atoms with van der Waals surface area (Å²) in [7, 11) is 1.61. The highest BCUT2D eigenvalue weighted by molar-refractivity contribution is 5.51. The normalized spacial score (nSPS) is 13.3. The lowest BCUT2D eigenvalue weighted by Crippen LogP contribution is -1.99. The van der Waals surface area contributed by atoms with Crippen LogP contribution in [0.3, 0.4) is 0 Å². The second-order valence-electron chi connectivity index (χ2n) is 3.03. The van der Waals surface area contributed by atoms with Gasteiger partial charge in [-0.15, -0.1) is 0 Å². The zero-order chi connectivity index (χ0) is 9.97. The molecule has 1 aromatic carbocycles. The summed E-state index contributed by atoms with van der Waals surface area (Å²) in [6, 6.07) is 3.62. The lowest BCUT2D eigenvalue weighted by atomic mass is 10.1. The molecule has 0 atom stereocenters. The van der Waals surface area contributed by atoms with E-state index in [0.29, 0.717) is 18.1 Å². The van der Waals surface area contributed by atoms with Crippen LogP contribution in [0.4, 0.5) is 0 Å². The van der Waals surface area contributed by atoms with Gasteiger partial charge < -0.3 is 19.3 Å². The Kier molecular flexibility index (Phi) is 2.56. The van der Waals surface area contributed by atoms with Gasteiger partial charge in [0, 0.05) is 12.7 Å². The summed E-state index contributed by atoms with van der Waals surface area (Å²) in [6.45, 7) is 0.638. The number of ether oxygens (including phenoxy) is 3. The molecular weight excluding hydrogens is 184 g/mol. The topological polar surface area (TPSA) is 47.9 Å². The third-order valence-electron chi connectivity index (χ3n) is 2.20. The van der Waals surface area contributed by atoms with E-state index in [1.807, 2.05) is 6.07 Å². The number of fused-ring (bicyclic) bond motifs is 1. The molecule has 4 heteroatoms. The molecule has 1 aromatic rings. The van der Waals surface area contributed by atoms with Crippen LogP contribution in [0.1, 0.15) is 11.1 Å². The number of hydrogen-bond acceptors (Lipinski definition) is 4. The van der Waals surface area contributed by atoms with E-state index in [4.69, 9.17) is 19.3 Å². The Balaban J connectivity index is 2.45. The Morgan fingerprint density at radius 2 is 2.29 bits per heavy atom. The number of benzene rings is 1. The van der Waals surface area contributed by atoms with Gasteiger partial charge in [0.25, 0.3) is 0 Å². The second kappa shape index (κ2) is 3.86. The smallest absolute Gasteiger partial charge is 0.231 e. The van der Waals surface area contributed by atoms with Crippen molar-refractivity contribution in [1.82, 2.24) is 0 Å². The first-order valence-corrected chi connectivity index (χ1v) is 4.37. The fourth-order valence-electron chi connectivity index (χ4n) is 1.52. The number of aliphatic hydroxyl groups is 1. The van der Waals surface area contributed by atoms with Crippen LogP contribution in [0, 0.1) is 0 Å². The maximum absolute atomic E-state index is 9.12. The number of methoxy groups -OCH3 is 1. The minimum atomic E-state index is -0.0185. The van der Waals surface area contributed by atoms with E-state index in [-0.39, 0.29) is 13.4 Å². The summed E-state index contributed by atoms with van der Waals surface area (Å²) < 4.78 is 15.6. The minimum absolute atomic E-state index is 0.0185. The van der Waals surface area contributed by atoms with E-state index < -0.39 is 0 Å². The van der Waals surface area contributed by atoms with Crippen molar-refractivity contribution in [3.05, 3.63) is 23.3 Å². The van der Waals surface area contributed by atoms with Gasteiger partial charge in [-0.25, -0.2) is 0 Å². The Morgan fingerprint density at radius 3 is 3.00 bits per heavy atom. The Hall–Kier alpha value is -1.26. The molecule has 0 amide bonds. The predicted octanol–water partition coefficient (Wildman–Crippen LogP) is 1.05. The number of rotatable bonds is 3. The van der Waals surface area contributed by atoms with E-state index in [9.17, 15) is 0 Å². The van der Waals surface area contributed by atoms with E-state index in [0.717, 1.165) is 11.1 Å². The van der Waals surface area contributed by atoms with E-state index in [1.54, 1.807) is 13.2 Å². The first-order valence-electron chi connectivity index (χ1n) is 4.37. The van der Waals surface area contributed by atoms with Crippen LogP contribution >= 0.6 is 0 Å². The molecule has 0 bridgehead atoms. The molecule has 0 spiro atoms. The third kappa shape index (κ3) is 1.42. The molecule has 1 aliphatic rings. The molecular formula is C10H12O4. The molecule has 0 aliphatic carbocycles. The molecule has 76 valence electrons. The molecule has 1 heterocycles. The van der Waals surface area contributed by atoms with Crippen molar-refractivity contribution in [1.29, 1.82) is 0 Å². The average molecular weight is 196 g/mol. The molecule has 0 fully saturated rings. The van der Waals surface area contributed by atoms with E-state index in [1.165, 1.54) is 0 Å². The van der Waals surface area contributed by atoms with Crippen LogP contribution in [-0.4, -0.2) is 19.0 Å². The van der Waals surface area contributed by atoms with Crippen molar-refractivity contribution in [2.45, 2.75) is 13.2 Å². The van der Waals surface area contributed by atoms with Crippen LogP contribution in [0.2, 0.25) is 0 Å². The lowest BCUT2D eigenvalue weighted by Gasteiger charge is -2.09. The summed E-state index contributed by atoms with van der Waals surface area (Å²) in [6.07, 6.45) is 0. The van der Waals surface area contributed by atoms with Gasteiger partial charge in [-0.3, -0.25) is 0 Å². The third-order valence-corrected chi connectivity index (χ3v) is 2.20. The molecule has 0 unspecified atom stereocenters. The molecule has 4 nitrogen and oxygen atoms in total. The van der Waals surface area contributed by atoms with Gasteiger partial charge in [-0.1, -0.05) is 6.07 Å². The van der Waals surface area contributed by atoms with Crippen molar-refractivity contribution < 1.29 is 19.3 Å². The summed E-state index contributed by atoms with van der Waals surface area (Å²) in [5.41, 5.74) is 1.68. The fraction of sp³-hybridized carbons (Fsp3) is 0.400. The lowest BCUT2D eigenvalue weighted by molar-refractivity contribution is 0.161. The number of aliphatic hydroxyl groups excluding tert-OH is 1. The maximum atomic E-state index is 9.12. The SMILES string of the molecule is COCc1c(CO)ccc2c1OCO2. The Morgan fingerprint density at radius 1 is 1.43 bits per heavy atom. The molecule has 1 aliphatic heterocycles. The summed E-state index contributed by atoms with van der Waals surface area (Å²) >= 11 is 0. The van der Waals surface area contributed by atoms with Gasteiger partial charge >= 0.3 is 0 Å². The van der Waals surface area contributed by atoms with E-state index >= 15 is 0 Å². The van der Waals surface area contributed by atoms with Gasteiger partial charge in [0.2, 0.25) is 6.79 Å². The first-order chi connectivity index (χ1) is 6.86. The standard InChI is InChI=1S/C10H12O4/c1-12-5-8-7(4-11)2-3-9-10(8)14-6-13-9/h2-3,11H,4-6H2,1H3. The van der Waals surface area contributed by atoms with Gasteiger partial charge in [0.15, 0.2) is 11.5 Å². The van der Waals surface area contributed by atoms with Crippen LogP contribution in [-0.2, 0) is 18.0 Å². The second-order valence-corrected chi connectivity index (χ2v) is 3.03. The van der Waals surface area contributed by atoms with Crippen LogP contribution in [0.15, 0.2) is 12.1 Å². The van der Waals surface area contributed by atoms with Gasteiger partial charge in [0.1, 0.15) is 0 Å². The maximum Gasteiger partial charge on any atom is 0.231 e. The first kappa shape index (κ1) is 9.30. The fourth-order valence-corrected chi connectivity index (χ4v) is 1.52. The molecule has 0 saturated carbocycles. The molecule has 0 aromatic heterocycles. The quantitative estimate of drug-likeness (QED) is 0.785. The highest BCUT2D eigenvalue weighted by atomic mass is 16.7. The zero-order valence-electron chi connectivity index (χ0n) is 7.95. The summed E-state index contributed by atoms with van der Waals surface area (Å²) in [5, 5.41) is 9.12. The van der Waals surface area contributed by atoms with Crippen LogP contribution < -0.4 is 9.47 Å². The average Bonchev–Trinajstić information content (AvgIpc) is 2.67. The van der Waals surface area contributed by atoms with Gasteiger partial charge in [-0.05, 0) is 11.6 Å². The summed E-state index contributed by atoms with van der Waals surface area (Å²) in [5.74, 6) is 1.41. The Labute approximate surface area is 82.0 Å². The molecule has 0 saturated heterocycles. The number of hydrogen-bond donors (Lipinski definition) is 1. The largest absolute Gasteiger partial charge is 0.454 e. The molecule has 0 radical (unpaired) electrons. The van der Waals surface area contributed by atoms with Crippen LogP contribution in [0.25, 0.3) is 0 Å². The highest BCUT2D eigenvalue weighted by Crippen LogP contribution is 2.37. The molecule has 1 N–H and O–H groups in total. The van der Waals surface area contributed by atoms with Crippen LogP contribution in [0.5, 0.6) is 11.5 Å². The minimum Gasteiger partial charge on any atom is -0.454 e. The van der Waals surface area contributed by atoms with Crippen molar-refractivity contribution >= 4 is 0 Å².